The van der Waals surface area contributed by atoms with E-state index in [4.69, 9.17) is 9.29 Å². The standard InChI is InChI=1S/C13H16N4O8S.C5H5N/c1-11(2)12(19)6(3-24-26(21,22)23)25-10(13(11,12)20)17-5-16-7-8(17)14-4-15-9(7)18;1-2-4-6-5-3-1/h4-6,10,19-20H,3H2,1-2H3,(H,14,15,18)(H,21,22,23);1-5H/t6-,10-,12+,13-;/m1./s1. The first kappa shape index (κ1) is 22.4. The lowest BCUT2D eigenvalue weighted by atomic mass is 10.0. The molecule has 0 aromatic carbocycles. The van der Waals surface area contributed by atoms with Gasteiger partial charge < -0.3 is 20.1 Å². The van der Waals surface area contributed by atoms with E-state index < -0.39 is 46.0 Å². The molecule has 0 spiro atoms. The predicted molar refractivity (Wildman–Crippen MR) is 106 cm³/mol. The number of ether oxygens (including phenoxy) is 1. The van der Waals surface area contributed by atoms with Gasteiger partial charge >= 0.3 is 10.4 Å². The zero-order chi connectivity index (χ0) is 23.4. The number of hydrogen-bond acceptors (Lipinski definition) is 11. The van der Waals surface area contributed by atoms with Crippen LogP contribution in [-0.4, -0.2) is 76.7 Å². The SMILES string of the molecule is CC1(C)[C@]2(O)[C@H](n3cnc4c(O)ncnc43)O[C@H](COS(=O)(=O)O)[C@]12O.c1ccncc1. The molecule has 1 aliphatic heterocycles. The highest BCUT2D eigenvalue weighted by atomic mass is 32.3. The van der Waals surface area contributed by atoms with Gasteiger partial charge in [0.2, 0.25) is 5.88 Å². The number of rotatable bonds is 4. The highest BCUT2D eigenvalue weighted by molar-refractivity contribution is 7.80. The van der Waals surface area contributed by atoms with E-state index in [1.54, 1.807) is 26.2 Å². The van der Waals surface area contributed by atoms with Crippen molar-refractivity contribution in [3.05, 3.63) is 43.2 Å². The molecule has 3 aromatic heterocycles. The van der Waals surface area contributed by atoms with Crippen LogP contribution in [0.1, 0.15) is 20.1 Å². The van der Waals surface area contributed by atoms with Gasteiger partial charge in [-0.25, -0.2) is 14.2 Å². The van der Waals surface area contributed by atoms with Crippen LogP contribution in [0.5, 0.6) is 5.88 Å². The highest BCUT2D eigenvalue weighted by Gasteiger charge is 2.92. The molecule has 2 fully saturated rings. The number of pyridine rings is 1. The van der Waals surface area contributed by atoms with Crippen molar-refractivity contribution in [3.63, 3.8) is 0 Å². The van der Waals surface area contributed by atoms with Gasteiger partial charge in [0.05, 0.1) is 12.9 Å². The summed E-state index contributed by atoms with van der Waals surface area (Å²) in [5, 5.41) is 31.8. The molecular formula is C18H21N5O8S. The summed E-state index contributed by atoms with van der Waals surface area (Å²) >= 11 is 0. The van der Waals surface area contributed by atoms with Gasteiger partial charge in [0.1, 0.15) is 23.6 Å². The molecule has 13 nitrogen and oxygen atoms in total. The van der Waals surface area contributed by atoms with E-state index in [0.717, 1.165) is 6.33 Å². The Morgan fingerprint density at radius 2 is 1.81 bits per heavy atom. The van der Waals surface area contributed by atoms with Gasteiger partial charge in [-0.1, -0.05) is 19.9 Å². The van der Waals surface area contributed by atoms with E-state index in [9.17, 15) is 23.7 Å². The Hall–Kier alpha value is -2.75. The van der Waals surface area contributed by atoms with E-state index in [0.29, 0.717) is 0 Å². The number of aliphatic hydroxyl groups is 2. The molecule has 0 unspecified atom stereocenters. The number of imidazole rings is 1. The average molecular weight is 467 g/mol. The zero-order valence-electron chi connectivity index (χ0n) is 17.0. The molecule has 4 atom stereocenters. The van der Waals surface area contributed by atoms with Gasteiger partial charge in [0.15, 0.2) is 17.4 Å². The van der Waals surface area contributed by atoms with Gasteiger partial charge in [-0.15, -0.1) is 0 Å². The number of nitrogens with zero attached hydrogens (tertiary/aromatic N) is 5. The maximum Gasteiger partial charge on any atom is 0.397 e. The molecular weight excluding hydrogens is 446 g/mol. The average Bonchev–Trinajstić information content (AvgIpc) is 3.11. The second-order valence-electron chi connectivity index (χ2n) is 7.89. The van der Waals surface area contributed by atoms with Crippen LogP contribution in [-0.2, 0) is 19.3 Å². The first-order valence-electron chi connectivity index (χ1n) is 9.38. The molecule has 0 radical (unpaired) electrons. The smallest absolute Gasteiger partial charge is 0.397 e. The van der Waals surface area contributed by atoms with Crippen molar-refractivity contribution in [1.82, 2.24) is 24.5 Å². The van der Waals surface area contributed by atoms with Gasteiger partial charge in [0, 0.05) is 17.8 Å². The summed E-state index contributed by atoms with van der Waals surface area (Å²) in [5.74, 6) is -0.365. The van der Waals surface area contributed by atoms with E-state index in [1.165, 1.54) is 10.9 Å². The van der Waals surface area contributed by atoms with Crippen molar-refractivity contribution in [3.8, 4) is 5.88 Å². The normalized spacial score (nSPS) is 30.4. The number of hydrogen-bond donors (Lipinski definition) is 4. The third-order valence-electron chi connectivity index (χ3n) is 6.07. The zero-order valence-corrected chi connectivity index (χ0v) is 17.8. The van der Waals surface area contributed by atoms with E-state index in [-0.39, 0.29) is 17.0 Å². The number of aromatic nitrogens is 5. The van der Waals surface area contributed by atoms with Crippen molar-refractivity contribution >= 4 is 21.6 Å². The van der Waals surface area contributed by atoms with E-state index >= 15 is 0 Å². The molecule has 1 saturated carbocycles. The van der Waals surface area contributed by atoms with Crippen LogP contribution in [0.2, 0.25) is 0 Å². The molecule has 0 amide bonds. The van der Waals surface area contributed by atoms with Crippen LogP contribution in [0.3, 0.4) is 0 Å². The van der Waals surface area contributed by atoms with E-state index in [1.807, 2.05) is 18.2 Å². The lowest BCUT2D eigenvalue weighted by molar-refractivity contribution is -0.121. The molecule has 1 aliphatic carbocycles. The molecule has 14 heteroatoms. The molecule has 1 saturated heterocycles. The van der Waals surface area contributed by atoms with Crippen LogP contribution >= 0.6 is 0 Å². The summed E-state index contributed by atoms with van der Waals surface area (Å²) in [6.07, 6.45) is 3.39. The quantitative estimate of drug-likeness (QED) is 0.371. The Bertz CT molecular complexity index is 1210. The molecule has 0 bridgehead atoms. The van der Waals surface area contributed by atoms with Crippen molar-refractivity contribution in [1.29, 1.82) is 0 Å². The Kier molecular flexibility index (Phi) is 5.19. The summed E-state index contributed by atoms with van der Waals surface area (Å²) in [6.45, 7) is 2.45. The fraction of sp³-hybridized carbons (Fsp3) is 0.444. The fourth-order valence-electron chi connectivity index (χ4n) is 4.29. The van der Waals surface area contributed by atoms with E-state index in [2.05, 4.69) is 24.1 Å². The second kappa shape index (κ2) is 7.40. The Morgan fingerprint density at radius 1 is 1.12 bits per heavy atom. The second-order valence-corrected chi connectivity index (χ2v) is 8.98. The molecule has 172 valence electrons. The summed E-state index contributed by atoms with van der Waals surface area (Å²) in [7, 11) is -4.76. The minimum absolute atomic E-state index is 0.0688. The van der Waals surface area contributed by atoms with Crippen molar-refractivity contribution in [2.75, 3.05) is 6.61 Å². The summed E-state index contributed by atoms with van der Waals surface area (Å²) in [5.41, 5.74) is -4.54. The van der Waals surface area contributed by atoms with Crippen molar-refractivity contribution < 1.29 is 37.2 Å². The Balaban J connectivity index is 0.000000354. The number of fused-ring (bicyclic) bond motifs is 2. The fourth-order valence-corrected chi connectivity index (χ4v) is 4.59. The molecule has 5 rings (SSSR count). The third-order valence-corrected chi connectivity index (χ3v) is 6.50. The van der Waals surface area contributed by atoms with Crippen LogP contribution in [0.25, 0.3) is 11.2 Å². The summed E-state index contributed by atoms with van der Waals surface area (Å²) in [4.78, 5) is 15.4. The van der Waals surface area contributed by atoms with Crippen LogP contribution < -0.4 is 0 Å². The first-order chi connectivity index (χ1) is 14.9. The number of aromatic hydroxyl groups is 1. The molecule has 2 aliphatic rings. The molecule has 32 heavy (non-hydrogen) atoms. The van der Waals surface area contributed by atoms with Gasteiger partial charge in [-0.05, 0) is 12.1 Å². The maximum atomic E-state index is 11.1. The predicted octanol–water partition coefficient (Wildman–Crippen LogP) is -0.168. The van der Waals surface area contributed by atoms with Crippen LogP contribution in [0.4, 0.5) is 0 Å². The Morgan fingerprint density at radius 3 is 2.38 bits per heavy atom. The minimum Gasteiger partial charge on any atom is -0.492 e. The highest BCUT2D eigenvalue weighted by Crippen LogP contribution is 2.75. The monoisotopic (exact) mass is 467 g/mol. The van der Waals surface area contributed by atoms with Crippen molar-refractivity contribution in [2.24, 2.45) is 5.41 Å². The van der Waals surface area contributed by atoms with Crippen LogP contribution in [0, 0.1) is 5.41 Å². The van der Waals surface area contributed by atoms with Gasteiger partial charge in [0.25, 0.3) is 0 Å². The molecule has 4 N–H and O–H groups in total. The maximum absolute atomic E-state index is 11.1. The van der Waals surface area contributed by atoms with Gasteiger partial charge in [-0.2, -0.15) is 13.4 Å². The van der Waals surface area contributed by atoms with Crippen LogP contribution in [0.15, 0.2) is 43.2 Å². The lowest BCUT2D eigenvalue weighted by Gasteiger charge is -2.27. The summed E-state index contributed by atoms with van der Waals surface area (Å²) < 4.78 is 41.7. The van der Waals surface area contributed by atoms with Crippen molar-refractivity contribution in [2.45, 2.75) is 37.4 Å². The third kappa shape index (κ3) is 3.15. The molecule has 4 heterocycles. The van der Waals surface area contributed by atoms with Gasteiger partial charge in [-0.3, -0.25) is 14.1 Å². The first-order valence-corrected chi connectivity index (χ1v) is 10.7. The largest absolute Gasteiger partial charge is 0.492 e. The minimum atomic E-state index is -4.76. The topological polar surface area (TPSA) is 190 Å². The Labute approximate surface area is 182 Å². The lowest BCUT2D eigenvalue weighted by Crippen LogP contribution is -2.37. The molecule has 3 aromatic rings. The summed E-state index contributed by atoms with van der Waals surface area (Å²) in [6, 6.07) is 5.72.